The zero-order valence-corrected chi connectivity index (χ0v) is 16.7. The summed E-state index contributed by atoms with van der Waals surface area (Å²) in [5, 5.41) is 5.49. The topological polar surface area (TPSA) is 119 Å². The number of esters is 1. The van der Waals surface area contributed by atoms with Gasteiger partial charge in [-0.3, -0.25) is 9.59 Å². The summed E-state index contributed by atoms with van der Waals surface area (Å²) in [6.45, 7) is 5.45. The zero-order valence-electron chi connectivity index (χ0n) is 16.7. The Morgan fingerprint density at radius 1 is 1.24 bits per heavy atom. The van der Waals surface area contributed by atoms with Gasteiger partial charge in [0.1, 0.15) is 18.1 Å². The Morgan fingerprint density at radius 2 is 2.00 bits per heavy atom. The maximum atomic E-state index is 12.7. The Balaban J connectivity index is 1.76. The summed E-state index contributed by atoms with van der Waals surface area (Å²) in [5.41, 5.74) is 2.57. The van der Waals surface area contributed by atoms with E-state index >= 15 is 0 Å². The van der Waals surface area contributed by atoms with Crippen LogP contribution < -0.4 is 15.4 Å². The largest absolute Gasteiger partial charge is 0.479 e. The molecule has 2 heterocycles. The molecular formula is C20H23N3O6. The number of rotatable bonds is 6. The summed E-state index contributed by atoms with van der Waals surface area (Å²) in [6.07, 6.45) is -0.574. The first-order valence-corrected chi connectivity index (χ1v) is 9.10. The smallest absolute Gasteiger partial charge is 0.340 e. The number of carbonyl (C=O) groups is 3. The van der Waals surface area contributed by atoms with Gasteiger partial charge < -0.3 is 29.8 Å². The summed E-state index contributed by atoms with van der Waals surface area (Å²) < 4.78 is 15.5. The van der Waals surface area contributed by atoms with E-state index in [0.717, 1.165) is 0 Å². The molecule has 9 heteroatoms. The van der Waals surface area contributed by atoms with Crippen LogP contribution >= 0.6 is 0 Å². The second-order valence-corrected chi connectivity index (χ2v) is 6.67. The molecule has 0 saturated carbocycles. The molecule has 1 aliphatic heterocycles. The molecule has 1 aliphatic rings. The molecular weight excluding hydrogens is 378 g/mol. The Hall–Kier alpha value is -3.33. The van der Waals surface area contributed by atoms with Crippen molar-refractivity contribution in [3.63, 3.8) is 0 Å². The van der Waals surface area contributed by atoms with Crippen LogP contribution in [0.4, 0.5) is 11.4 Å². The fraction of sp³-hybridized carbons (Fsp3) is 0.350. The van der Waals surface area contributed by atoms with Crippen LogP contribution in [0.2, 0.25) is 0 Å². The van der Waals surface area contributed by atoms with Crippen molar-refractivity contribution in [1.29, 1.82) is 0 Å². The molecule has 1 aromatic heterocycles. The predicted octanol–water partition coefficient (Wildman–Crippen LogP) is 2.41. The van der Waals surface area contributed by atoms with Gasteiger partial charge in [0.25, 0.3) is 11.8 Å². The van der Waals surface area contributed by atoms with Crippen LogP contribution in [0.1, 0.15) is 39.0 Å². The minimum atomic E-state index is -0.574. The van der Waals surface area contributed by atoms with Crippen LogP contribution in [0, 0.1) is 13.8 Å². The van der Waals surface area contributed by atoms with Gasteiger partial charge >= 0.3 is 5.97 Å². The van der Waals surface area contributed by atoms with E-state index < -0.39 is 18.0 Å². The summed E-state index contributed by atoms with van der Waals surface area (Å²) in [5.74, 6) is -0.662. The summed E-state index contributed by atoms with van der Waals surface area (Å²) in [6, 6.07) is 4.96. The van der Waals surface area contributed by atoms with Crippen molar-refractivity contribution in [2.75, 3.05) is 31.0 Å². The normalized spacial score (nSPS) is 15.2. The number of H-pyrrole nitrogens is 1. The Morgan fingerprint density at radius 3 is 2.72 bits per heavy atom. The number of anilines is 2. The van der Waals surface area contributed by atoms with Gasteiger partial charge in [-0.2, -0.15) is 0 Å². The molecule has 29 heavy (non-hydrogen) atoms. The lowest BCUT2D eigenvalue weighted by Crippen LogP contribution is -2.34. The standard InChI is InChI=1S/C20H23N3O6/c1-10-16(20(26)28-8-7-27-4)11(2)21-17(10)19(25)22-13-5-6-15-14(9-13)23-18(24)12(3)29-15/h5-6,9,12,21H,7-8H2,1-4H3,(H,22,25)(H,23,24). The fourth-order valence-corrected chi connectivity index (χ4v) is 3.05. The molecule has 3 N–H and O–H groups in total. The second-order valence-electron chi connectivity index (χ2n) is 6.67. The van der Waals surface area contributed by atoms with E-state index in [4.69, 9.17) is 14.2 Å². The van der Waals surface area contributed by atoms with Gasteiger partial charge in [0, 0.05) is 18.5 Å². The average Bonchev–Trinajstić information content (AvgIpc) is 2.97. The first-order valence-electron chi connectivity index (χ1n) is 9.10. The van der Waals surface area contributed by atoms with Crippen molar-refractivity contribution < 1.29 is 28.6 Å². The van der Waals surface area contributed by atoms with Gasteiger partial charge in [0.2, 0.25) is 0 Å². The third-order valence-corrected chi connectivity index (χ3v) is 4.56. The fourth-order valence-electron chi connectivity index (χ4n) is 3.05. The second kappa shape index (κ2) is 8.36. The van der Waals surface area contributed by atoms with Crippen molar-refractivity contribution >= 4 is 29.2 Å². The van der Waals surface area contributed by atoms with Crippen LogP contribution in [-0.4, -0.2) is 49.2 Å². The van der Waals surface area contributed by atoms with Crippen LogP contribution in [0.3, 0.4) is 0 Å². The first-order chi connectivity index (χ1) is 13.8. The average molecular weight is 401 g/mol. The minimum absolute atomic E-state index is 0.127. The molecule has 0 saturated heterocycles. The molecule has 0 bridgehead atoms. The Labute approximate surface area is 167 Å². The highest BCUT2D eigenvalue weighted by molar-refractivity contribution is 6.07. The van der Waals surface area contributed by atoms with E-state index in [9.17, 15) is 14.4 Å². The molecule has 1 aromatic carbocycles. The molecule has 0 radical (unpaired) electrons. The number of fused-ring (bicyclic) bond motifs is 1. The maximum absolute atomic E-state index is 12.7. The zero-order chi connectivity index (χ0) is 21.1. The lowest BCUT2D eigenvalue weighted by Gasteiger charge is -2.23. The van der Waals surface area contributed by atoms with Crippen LogP contribution in [0.25, 0.3) is 0 Å². The monoisotopic (exact) mass is 401 g/mol. The summed E-state index contributed by atoms with van der Waals surface area (Å²) in [7, 11) is 1.52. The first kappa shape index (κ1) is 20.4. The van der Waals surface area contributed by atoms with Gasteiger partial charge in [-0.05, 0) is 44.5 Å². The molecule has 2 amide bonds. The minimum Gasteiger partial charge on any atom is -0.479 e. The van der Waals surface area contributed by atoms with E-state index in [1.165, 1.54) is 7.11 Å². The number of aromatic amines is 1. The van der Waals surface area contributed by atoms with E-state index in [0.29, 0.717) is 40.6 Å². The van der Waals surface area contributed by atoms with Crippen molar-refractivity contribution in [1.82, 2.24) is 4.98 Å². The quantitative estimate of drug-likeness (QED) is 0.505. The Bertz CT molecular complexity index is 965. The van der Waals surface area contributed by atoms with E-state index in [2.05, 4.69) is 15.6 Å². The number of hydrogen-bond donors (Lipinski definition) is 3. The van der Waals surface area contributed by atoms with Crippen molar-refractivity contribution in [3.05, 3.63) is 40.7 Å². The molecule has 1 atom stereocenters. The number of ether oxygens (including phenoxy) is 3. The highest BCUT2D eigenvalue weighted by atomic mass is 16.6. The van der Waals surface area contributed by atoms with E-state index in [1.807, 2.05) is 0 Å². The molecule has 0 spiro atoms. The molecule has 0 aliphatic carbocycles. The van der Waals surface area contributed by atoms with E-state index in [1.54, 1.807) is 39.0 Å². The van der Waals surface area contributed by atoms with Crippen molar-refractivity contribution in [3.8, 4) is 5.75 Å². The van der Waals surface area contributed by atoms with Crippen LogP contribution in [-0.2, 0) is 14.3 Å². The number of methoxy groups -OCH3 is 1. The van der Waals surface area contributed by atoms with Gasteiger partial charge in [-0.1, -0.05) is 0 Å². The number of amides is 2. The predicted molar refractivity (Wildman–Crippen MR) is 106 cm³/mol. The van der Waals surface area contributed by atoms with Gasteiger partial charge in [-0.25, -0.2) is 4.79 Å². The maximum Gasteiger partial charge on any atom is 0.340 e. The highest BCUT2D eigenvalue weighted by Gasteiger charge is 2.25. The number of aromatic nitrogens is 1. The molecule has 3 rings (SSSR count). The number of nitrogens with one attached hydrogen (secondary N) is 3. The van der Waals surface area contributed by atoms with E-state index in [-0.39, 0.29) is 18.2 Å². The number of aryl methyl sites for hydroxylation is 1. The lowest BCUT2D eigenvalue weighted by atomic mass is 10.1. The third kappa shape index (κ3) is 4.24. The number of carbonyl (C=O) groups excluding carboxylic acids is 3. The lowest BCUT2D eigenvalue weighted by molar-refractivity contribution is -0.122. The third-order valence-electron chi connectivity index (χ3n) is 4.56. The van der Waals surface area contributed by atoms with Gasteiger partial charge in [0.05, 0.1) is 17.9 Å². The summed E-state index contributed by atoms with van der Waals surface area (Å²) in [4.78, 5) is 39.7. The number of hydrogen-bond acceptors (Lipinski definition) is 6. The molecule has 0 fully saturated rings. The molecule has 2 aromatic rings. The van der Waals surface area contributed by atoms with Gasteiger partial charge in [0.15, 0.2) is 6.10 Å². The van der Waals surface area contributed by atoms with Crippen molar-refractivity contribution in [2.24, 2.45) is 0 Å². The van der Waals surface area contributed by atoms with Gasteiger partial charge in [-0.15, -0.1) is 0 Å². The molecule has 154 valence electrons. The Kier molecular flexibility index (Phi) is 5.88. The highest BCUT2D eigenvalue weighted by Crippen LogP contribution is 2.32. The molecule has 9 nitrogen and oxygen atoms in total. The molecule has 1 unspecified atom stereocenters. The van der Waals surface area contributed by atoms with Crippen molar-refractivity contribution in [2.45, 2.75) is 26.9 Å². The summed E-state index contributed by atoms with van der Waals surface area (Å²) >= 11 is 0. The van der Waals surface area contributed by atoms with Crippen LogP contribution in [0.15, 0.2) is 18.2 Å². The SMILES string of the molecule is COCCOC(=O)c1c(C)[nH]c(C(=O)Nc2ccc3c(c2)NC(=O)C(C)O3)c1C. The number of benzene rings is 1. The van der Waals surface area contributed by atoms with Crippen LogP contribution in [0.5, 0.6) is 5.75 Å².